The molecule has 0 radical (unpaired) electrons. The van der Waals surface area contributed by atoms with Crippen LogP contribution in [0.25, 0.3) is 0 Å². The molecular weight excluding hydrogens is 266 g/mol. The first-order valence-electron chi connectivity index (χ1n) is 6.49. The average molecular weight is 287 g/mol. The number of rotatable bonds is 3. The predicted molar refractivity (Wildman–Crippen MR) is 68.9 cm³/mol. The van der Waals surface area contributed by atoms with E-state index in [1.807, 2.05) is 0 Å². The van der Waals surface area contributed by atoms with Crippen molar-refractivity contribution in [1.82, 2.24) is 5.32 Å². The van der Waals surface area contributed by atoms with E-state index in [1.54, 1.807) is 27.7 Å². The van der Waals surface area contributed by atoms with Crippen LogP contribution < -0.4 is 5.32 Å². The van der Waals surface area contributed by atoms with Crippen molar-refractivity contribution < 1.29 is 28.6 Å². The Bertz CT molecular complexity index is 400. The summed E-state index contributed by atoms with van der Waals surface area (Å²) in [5.41, 5.74) is -0.654. The lowest BCUT2D eigenvalue weighted by Gasteiger charge is -2.21. The molecule has 0 aromatic carbocycles. The van der Waals surface area contributed by atoms with Crippen molar-refractivity contribution in [3.63, 3.8) is 0 Å². The lowest BCUT2D eigenvalue weighted by Crippen LogP contribution is -2.43. The van der Waals surface area contributed by atoms with Gasteiger partial charge in [-0.2, -0.15) is 0 Å². The predicted octanol–water partition coefficient (Wildman–Crippen LogP) is 1.15. The molecule has 0 bridgehead atoms. The van der Waals surface area contributed by atoms with Crippen LogP contribution in [0, 0.1) is 0 Å². The van der Waals surface area contributed by atoms with E-state index >= 15 is 0 Å². The average Bonchev–Trinajstić information content (AvgIpc) is 2.54. The molecule has 1 saturated heterocycles. The summed E-state index contributed by atoms with van der Waals surface area (Å²) >= 11 is 0. The van der Waals surface area contributed by atoms with E-state index in [9.17, 15) is 14.4 Å². The van der Waals surface area contributed by atoms with Crippen molar-refractivity contribution in [3.05, 3.63) is 0 Å². The van der Waals surface area contributed by atoms with Crippen molar-refractivity contribution in [2.24, 2.45) is 0 Å². The highest BCUT2D eigenvalue weighted by molar-refractivity contribution is 5.85. The van der Waals surface area contributed by atoms with Gasteiger partial charge in [0.2, 0.25) is 6.10 Å². The molecule has 0 unspecified atom stereocenters. The van der Waals surface area contributed by atoms with Crippen LogP contribution in [-0.4, -0.2) is 41.9 Å². The molecule has 1 heterocycles. The Hall–Kier alpha value is -1.79. The molecule has 7 nitrogen and oxygen atoms in total. The Morgan fingerprint density at radius 2 is 2.00 bits per heavy atom. The second-order valence-corrected chi connectivity index (χ2v) is 5.78. The number of amides is 1. The fraction of sp³-hybridized carbons (Fsp3) is 0.769. The number of carbonyl (C=O) groups excluding carboxylic acids is 3. The van der Waals surface area contributed by atoms with Gasteiger partial charge in [-0.25, -0.2) is 14.4 Å². The topological polar surface area (TPSA) is 90.9 Å². The van der Waals surface area contributed by atoms with Crippen LogP contribution in [0.5, 0.6) is 0 Å². The number of nitrogens with one attached hydrogen (secondary N) is 1. The minimum absolute atomic E-state index is 0.269. The van der Waals surface area contributed by atoms with Gasteiger partial charge in [-0.1, -0.05) is 0 Å². The zero-order valence-electron chi connectivity index (χ0n) is 12.4. The molecule has 0 saturated carbocycles. The lowest BCUT2D eigenvalue weighted by molar-refractivity contribution is -0.161. The zero-order chi connectivity index (χ0) is 15.5. The first kappa shape index (κ1) is 16.3. The van der Waals surface area contributed by atoms with Crippen LogP contribution >= 0.6 is 0 Å². The normalized spacial score (nSPS) is 23.8. The highest BCUT2D eigenvalue weighted by Crippen LogP contribution is 2.17. The minimum Gasteiger partial charge on any atom is -0.460 e. The monoisotopic (exact) mass is 287 g/mol. The maximum atomic E-state index is 11.8. The fourth-order valence-electron chi connectivity index (χ4n) is 1.60. The molecule has 0 aromatic heterocycles. The minimum atomic E-state index is -0.909. The standard InChI is InChI=1S/C13H21NO6/c1-7-6-9(11(16)18-7)19-10(15)8(2)14-12(17)20-13(3,4)5/h7-9H,6H2,1-5H3,(H,14,17)/t7-,8-,9+/m1/s1. The molecule has 7 heteroatoms. The Labute approximate surface area is 117 Å². The van der Waals surface area contributed by atoms with Gasteiger partial charge in [-0.3, -0.25) is 0 Å². The third kappa shape index (κ3) is 5.07. The molecule has 20 heavy (non-hydrogen) atoms. The Balaban J connectivity index is 2.43. The Morgan fingerprint density at radius 3 is 2.45 bits per heavy atom. The molecule has 1 fully saturated rings. The number of hydrogen-bond donors (Lipinski definition) is 1. The van der Waals surface area contributed by atoms with Gasteiger partial charge in [0.25, 0.3) is 0 Å². The van der Waals surface area contributed by atoms with Gasteiger partial charge in [0.15, 0.2) is 0 Å². The molecule has 1 rings (SSSR count). The van der Waals surface area contributed by atoms with Gasteiger partial charge in [0.05, 0.1) is 0 Å². The molecule has 3 atom stereocenters. The first-order valence-corrected chi connectivity index (χ1v) is 6.49. The smallest absolute Gasteiger partial charge is 0.408 e. The van der Waals surface area contributed by atoms with Gasteiger partial charge in [-0.05, 0) is 34.6 Å². The molecule has 1 aliphatic heterocycles. The van der Waals surface area contributed by atoms with Crippen LogP contribution in [0.1, 0.15) is 41.0 Å². The lowest BCUT2D eigenvalue weighted by atomic mass is 10.2. The molecule has 0 spiro atoms. The van der Waals surface area contributed by atoms with E-state index in [0.717, 1.165) is 0 Å². The molecule has 114 valence electrons. The van der Waals surface area contributed by atoms with Crippen LogP contribution in [0.3, 0.4) is 0 Å². The van der Waals surface area contributed by atoms with Crippen molar-refractivity contribution in [1.29, 1.82) is 0 Å². The van der Waals surface area contributed by atoms with E-state index in [2.05, 4.69) is 5.32 Å². The van der Waals surface area contributed by atoms with Gasteiger partial charge in [0.1, 0.15) is 17.7 Å². The number of hydrogen-bond acceptors (Lipinski definition) is 6. The SMILES string of the molecule is C[C@@H]1C[C@H](OC(=O)[C@@H](C)NC(=O)OC(C)(C)C)C(=O)O1. The molecule has 0 aromatic rings. The molecule has 1 aliphatic rings. The molecule has 0 aliphatic carbocycles. The number of cyclic esters (lactones) is 1. The van der Waals surface area contributed by atoms with Crippen molar-refractivity contribution in [2.75, 3.05) is 0 Å². The van der Waals surface area contributed by atoms with Crippen molar-refractivity contribution in [3.8, 4) is 0 Å². The summed E-state index contributed by atoms with van der Waals surface area (Å²) < 4.78 is 14.9. The summed E-state index contributed by atoms with van der Waals surface area (Å²) in [4.78, 5) is 34.6. The summed E-state index contributed by atoms with van der Waals surface area (Å²) in [5.74, 6) is -1.26. The third-order valence-corrected chi connectivity index (χ3v) is 2.47. The number of ether oxygens (including phenoxy) is 3. The highest BCUT2D eigenvalue weighted by atomic mass is 16.6. The number of alkyl carbamates (subject to hydrolysis) is 1. The first-order chi connectivity index (χ1) is 9.08. The summed E-state index contributed by atoms with van der Waals surface area (Å²) in [6, 6.07) is -0.909. The molecule has 1 N–H and O–H groups in total. The number of carbonyl (C=O) groups is 3. The Morgan fingerprint density at radius 1 is 1.40 bits per heavy atom. The fourth-order valence-corrected chi connectivity index (χ4v) is 1.60. The largest absolute Gasteiger partial charge is 0.460 e. The van der Waals surface area contributed by atoms with E-state index in [1.165, 1.54) is 6.92 Å². The van der Waals surface area contributed by atoms with E-state index in [-0.39, 0.29) is 6.10 Å². The van der Waals surface area contributed by atoms with Crippen LogP contribution in [0.15, 0.2) is 0 Å². The van der Waals surface area contributed by atoms with Crippen molar-refractivity contribution >= 4 is 18.0 Å². The van der Waals surface area contributed by atoms with Gasteiger partial charge >= 0.3 is 18.0 Å². The summed E-state index contributed by atoms with van der Waals surface area (Å²) in [6.07, 6.45) is -1.57. The van der Waals surface area contributed by atoms with Crippen molar-refractivity contribution in [2.45, 2.75) is 64.9 Å². The van der Waals surface area contributed by atoms with Crippen LogP contribution in [0.4, 0.5) is 4.79 Å². The molecule has 1 amide bonds. The summed E-state index contributed by atoms with van der Waals surface area (Å²) in [6.45, 7) is 8.31. The number of esters is 2. The Kier molecular flexibility index (Phi) is 4.97. The second kappa shape index (κ2) is 6.11. The van der Waals surface area contributed by atoms with Crippen LogP contribution in [-0.2, 0) is 23.8 Å². The quantitative estimate of drug-likeness (QED) is 0.618. The zero-order valence-corrected chi connectivity index (χ0v) is 12.4. The second-order valence-electron chi connectivity index (χ2n) is 5.78. The van der Waals surface area contributed by atoms with Gasteiger partial charge in [0, 0.05) is 6.42 Å². The third-order valence-electron chi connectivity index (χ3n) is 2.47. The maximum absolute atomic E-state index is 11.8. The van der Waals surface area contributed by atoms with Gasteiger partial charge < -0.3 is 19.5 Å². The molecular formula is C13H21NO6. The van der Waals surface area contributed by atoms with E-state index < -0.39 is 35.8 Å². The maximum Gasteiger partial charge on any atom is 0.408 e. The summed E-state index contributed by atoms with van der Waals surface area (Å²) in [7, 11) is 0. The summed E-state index contributed by atoms with van der Waals surface area (Å²) in [5, 5.41) is 2.35. The highest BCUT2D eigenvalue weighted by Gasteiger charge is 2.36. The van der Waals surface area contributed by atoms with E-state index in [4.69, 9.17) is 14.2 Å². The van der Waals surface area contributed by atoms with Gasteiger partial charge in [-0.15, -0.1) is 0 Å². The van der Waals surface area contributed by atoms with Crippen LogP contribution in [0.2, 0.25) is 0 Å². The van der Waals surface area contributed by atoms with E-state index in [0.29, 0.717) is 6.42 Å².